The van der Waals surface area contributed by atoms with Gasteiger partial charge in [-0.1, -0.05) is 23.4 Å². The zero-order chi connectivity index (χ0) is 23.6. The van der Waals surface area contributed by atoms with Crippen molar-refractivity contribution in [2.45, 2.75) is 64.8 Å². The minimum Gasteiger partial charge on any atom is -0.508 e. The quantitative estimate of drug-likeness (QED) is 0.414. The van der Waals surface area contributed by atoms with E-state index in [0.717, 1.165) is 38.6 Å². The molecular weight excluding hydrogens is 420 g/mol. The predicted molar refractivity (Wildman–Crippen MR) is 127 cm³/mol. The molecule has 1 N–H and O–H groups in total. The molecule has 1 atom stereocenters. The number of carbonyl (C=O) groups excluding carboxylic acids is 2. The third-order valence-electron chi connectivity index (χ3n) is 5.97. The molecule has 2 aliphatic rings. The van der Waals surface area contributed by atoms with E-state index in [1.807, 2.05) is 23.1 Å². The Morgan fingerprint density at radius 2 is 2.00 bits per heavy atom. The molecular formula is C26H34N2O5. The first-order valence-electron chi connectivity index (χ1n) is 11.7. The molecule has 1 aromatic rings. The Balaban J connectivity index is 1.81. The van der Waals surface area contributed by atoms with Crippen LogP contribution < -0.4 is 0 Å². The standard InChI is InChI=1S/C26H34N2O5/c1-19-15-23(29)17-21-16-22(27-33-18-24(30)28-13-9-8-11-20(28)2)12-7-5-3-4-6-10-14-32-26(31)25(19)21/h4,6-7,12,15,17,20,29H,3,5,8-11,13-14,16,18H2,1-2H3/b6-4+,12-7+,27-22+. The summed E-state index contributed by atoms with van der Waals surface area (Å²) in [6, 6.07) is 3.32. The zero-order valence-electron chi connectivity index (χ0n) is 19.6. The highest BCUT2D eigenvalue weighted by Crippen LogP contribution is 2.24. The van der Waals surface area contributed by atoms with Crippen LogP contribution >= 0.6 is 0 Å². The molecule has 178 valence electrons. The molecule has 0 saturated carbocycles. The Morgan fingerprint density at radius 1 is 1.21 bits per heavy atom. The lowest BCUT2D eigenvalue weighted by atomic mass is 9.96. The van der Waals surface area contributed by atoms with Gasteiger partial charge in [0.1, 0.15) is 5.75 Å². The predicted octanol–water partition coefficient (Wildman–Crippen LogP) is 4.47. The summed E-state index contributed by atoms with van der Waals surface area (Å²) in [6.45, 7) is 4.75. The van der Waals surface area contributed by atoms with Gasteiger partial charge in [-0.25, -0.2) is 4.79 Å². The molecule has 2 aliphatic heterocycles. The SMILES string of the molecule is Cc1cc(O)cc2c1C(=O)OCC/C=C/CC/C=C/C(=N\OCC(=O)N1CCCCC1C)C2. The van der Waals surface area contributed by atoms with Gasteiger partial charge in [0, 0.05) is 19.0 Å². The van der Waals surface area contributed by atoms with Gasteiger partial charge in [-0.05, 0) is 81.7 Å². The summed E-state index contributed by atoms with van der Waals surface area (Å²) < 4.78 is 5.45. The van der Waals surface area contributed by atoms with Crippen molar-refractivity contribution in [2.24, 2.45) is 5.16 Å². The number of esters is 1. The molecule has 1 amide bonds. The van der Waals surface area contributed by atoms with E-state index >= 15 is 0 Å². The number of oxime groups is 1. The summed E-state index contributed by atoms with van der Waals surface area (Å²) in [5.41, 5.74) is 2.23. The number of benzene rings is 1. The molecule has 1 unspecified atom stereocenters. The normalized spacial score (nSPS) is 23.2. The number of allylic oxidation sites excluding steroid dienone is 3. The number of hydrogen-bond donors (Lipinski definition) is 1. The zero-order valence-corrected chi connectivity index (χ0v) is 19.6. The summed E-state index contributed by atoms with van der Waals surface area (Å²) in [4.78, 5) is 32.6. The van der Waals surface area contributed by atoms with E-state index in [1.54, 1.807) is 19.1 Å². The molecule has 0 radical (unpaired) electrons. The molecule has 0 spiro atoms. The smallest absolute Gasteiger partial charge is 0.338 e. The molecule has 7 heteroatoms. The van der Waals surface area contributed by atoms with E-state index in [4.69, 9.17) is 9.57 Å². The monoisotopic (exact) mass is 454 g/mol. The molecule has 1 aromatic carbocycles. The lowest BCUT2D eigenvalue weighted by Gasteiger charge is -2.32. The van der Waals surface area contributed by atoms with Crippen molar-refractivity contribution in [3.63, 3.8) is 0 Å². The number of piperidine rings is 1. The first-order chi connectivity index (χ1) is 16.0. The summed E-state index contributed by atoms with van der Waals surface area (Å²) in [5.74, 6) is -0.424. The highest BCUT2D eigenvalue weighted by atomic mass is 16.6. The van der Waals surface area contributed by atoms with E-state index in [-0.39, 0.29) is 30.7 Å². The van der Waals surface area contributed by atoms with E-state index in [2.05, 4.69) is 18.2 Å². The number of rotatable bonds is 3. The number of nitrogens with zero attached hydrogens (tertiary/aromatic N) is 2. The lowest BCUT2D eigenvalue weighted by Crippen LogP contribution is -2.43. The van der Waals surface area contributed by atoms with E-state index in [0.29, 0.717) is 35.4 Å². The Morgan fingerprint density at radius 3 is 2.82 bits per heavy atom. The number of aromatic hydroxyl groups is 1. The van der Waals surface area contributed by atoms with Crippen LogP contribution in [0.3, 0.4) is 0 Å². The van der Waals surface area contributed by atoms with Gasteiger partial charge in [-0.3, -0.25) is 4.79 Å². The van der Waals surface area contributed by atoms with Crippen LogP contribution in [0.4, 0.5) is 0 Å². The molecule has 0 aromatic heterocycles. The Labute approximate surface area is 195 Å². The number of ether oxygens (including phenoxy) is 1. The van der Waals surface area contributed by atoms with Crippen molar-refractivity contribution in [1.82, 2.24) is 4.90 Å². The van der Waals surface area contributed by atoms with Crippen LogP contribution in [0.5, 0.6) is 5.75 Å². The number of hydrogen-bond acceptors (Lipinski definition) is 6. The second kappa shape index (κ2) is 12.2. The Kier molecular flexibility index (Phi) is 9.10. The lowest BCUT2D eigenvalue weighted by molar-refractivity contribution is -0.139. The third-order valence-corrected chi connectivity index (χ3v) is 5.97. The average molecular weight is 455 g/mol. The summed E-state index contributed by atoms with van der Waals surface area (Å²) >= 11 is 0. The first-order valence-corrected chi connectivity index (χ1v) is 11.7. The Bertz CT molecular complexity index is 935. The van der Waals surface area contributed by atoms with Gasteiger partial charge in [0.2, 0.25) is 0 Å². The van der Waals surface area contributed by atoms with Crippen LogP contribution in [0.2, 0.25) is 0 Å². The number of amides is 1. The molecule has 1 saturated heterocycles. The maximum atomic E-state index is 12.8. The second-order valence-corrected chi connectivity index (χ2v) is 8.64. The van der Waals surface area contributed by atoms with Crippen molar-refractivity contribution in [1.29, 1.82) is 0 Å². The van der Waals surface area contributed by atoms with Crippen molar-refractivity contribution >= 4 is 17.6 Å². The highest BCUT2D eigenvalue weighted by Gasteiger charge is 2.23. The number of aryl methyl sites for hydroxylation is 1. The van der Waals surface area contributed by atoms with Crippen molar-refractivity contribution < 1.29 is 24.3 Å². The van der Waals surface area contributed by atoms with Crippen LogP contribution in [0.15, 0.2) is 41.6 Å². The molecule has 7 nitrogen and oxygen atoms in total. The average Bonchev–Trinajstić information content (AvgIpc) is 2.77. The summed E-state index contributed by atoms with van der Waals surface area (Å²) in [6.07, 6.45) is 13.7. The molecule has 3 rings (SSSR count). The summed E-state index contributed by atoms with van der Waals surface area (Å²) in [7, 11) is 0. The fourth-order valence-electron chi connectivity index (χ4n) is 4.25. The largest absolute Gasteiger partial charge is 0.508 e. The van der Waals surface area contributed by atoms with Gasteiger partial charge in [-0.2, -0.15) is 0 Å². The number of fused-ring (bicyclic) bond motifs is 1. The highest BCUT2D eigenvalue weighted by molar-refractivity contribution is 6.00. The van der Waals surface area contributed by atoms with Gasteiger partial charge >= 0.3 is 5.97 Å². The Hall–Kier alpha value is -3.09. The number of phenolic OH excluding ortho intramolecular Hbond substituents is 1. The number of likely N-dealkylation sites (tertiary alicyclic amines) is 1. The fraction of sp³-hybridized carbons (Fsp3) is 0.500. The van der Waals surface area contributed by atoms with Gasteiger partial charge in [0.25, 0.3) is 5.91 Å². The molecule has 0 bridgehead atoms. The van der Waals surface area contributed by atoms with Crippen LogP contribution in [0.1, 0.15) is 66.9 Å². The van der Waals surface area contributed by atoms with Crippen LogP contribution in [0, 0.1) is 6.92 Å². The third kappa shape index (κ3) is 7.20. The molecule has 2 heterocycles. The maximum Gasteiger partial charge on any atom is 0.338 e. The van der Waals surface area contributed by atoms with E-state index in [9.17, 15) is 14.7 Å². The number of carbonyl (C=O) groups is 2. The van der Waals surface area contributed by atoms with Crippen LogP contribution in [-0.2, 0) is 20.8 Å². The fourth-order valence-corrected chi connectivity index (χ4v) is 4.25. The van der Waals surface area contributed by atoms with E-state index < -0.39 is 5.97 Å². The maximum absolute atomic E-state index is 12.8. The van der Waals surface area contributed by atoms with Crippen molar-refractivity contribution in [3.8, 4) is 5.75 Å². The van der Waals surface area contributed by atoms with Crippen LogP contribution in [-0.4, -0.2) is 53.4 Å². The number of cyclic esters (lactones) is 1. The molecule has 33 heavy (non-hydrogen) atoms. The molecule has 1 fully saturated rings. The van der Waals surface area contributed by atoms with Gasteiger partial charge in [0.15, 0.2) is 6.61 Å². The first kappa shape index (κ1) is 24.6. The van der Waals surface area contributed by atoms with Crippen molar-refractivity contribution in [3.05, 3.63) is 53.1 Å². The van der Waals surface area contributed by atoms with Gasteiger partial charge in [-0.15, -0.1) is 0 Å². The second-order valence-electron chi connectivity index (χ2n) is 8.64. The minimum absolute atomic E-state index is 0.0703. The van der Waals surface area contributed by atoms with Gasteiger partial charge < -0.3 is 19.6 Å². The van der Waals surface area contributed by atoms with Crippen molar-refractivity contribution in [2.75, 3.05) is 19.8 Å². The van der Waals surface area contributed by atoms with E-state index in [1.165, 1.54) is 0 Å². The molecule has 0 aliphatic carbocycles. The minimum atomic E-state index is -0.425. The number of phenols is 1. The topological polar surface area (TPSA) is 88.4 Å². The van der Waals surface area contributed by atoms with Gasteiger partial charge in [0.05, 0.1) is 17.9 Å². The van der Waals surface area contributed by atoms with Crippen LogP contribution in [0.25, 0.3) is 0 Å². The summed E-state index contributed by atoms with van der Waals surface area (Å²) in [5, 5.41) is 14.4.